The molecule has 1 atom stereocenters. The van der Waals surface area contributed by atoms with Crippen molar-refractivity contribution in [2.24, 2.45) is 0 Å². The fourth-order valence-electron chi connectivity index (χ4n) is 3.78. The van der Waals surface area contributed by atoms with E-state index < -0.39 is 40.0 Å². The van der Waals surface area contributed by atoms with Crippen molar-refractivity contribution < 1.29 is 18.0 Å². The Kier molecular flexibility index (Phi) is 10.4. The molecule has 0 radical (unpaired) electrons. The highest BCUT2D eigenvalue weighted by molar-refractivity contribution is 7.92. The third-order valence-electron chi connectivity index (χ3n) is 5.82. The molecule has 1 unspecified atom stereocenters. The van der Waals surface area contributed by atoms with Gasteiger partial charge in [0.05, 0.1) is 20.6 Å². The lowest BCUT2D eigenvalue weighted by Crippen LogP contribution is -2.54. The first-order valence-corrected chi connectivity index (χ1v) is 15.1. The van der Waals surface area contributed by atoms with E-state index in [1.54, 1.807) is 37.3 Å². The summed E-state index contributed by atoms with van der Waals surface area (Å²) in [6.07, 6.45) is 0. The summed E-state index contributed by atoms with van der Waals surface area (Å²) < 4.78 is 28.5. The quantitative estimate of drug-likeness (QED) is 0.277. The molecular formula is C28H29Cl4N3O4S. The average molecular weight is 645 g/mol. The van der Waals surface area contributed by atoms with Crippen molar-refractivity contribution in [1.82, 2.24) is 10.2 Å². The van der Waals surface area contributed by atoms with E-state index in [1.165, 1.54) is 41.3 Å². The molecule has 0 saturated carbocycles. The minimum Gasteiger partial charge on any atom is -0.350 e. The summed E-state index contributed by atoms with van der Waals surface area (Å²) in [7, 11) is -4.23. The zero-order chi connectivity index (χ0) is 29.8. The maximum atomic E-state index is 14.0. The van der Waals surface area contributed by atoms with Crippen molar-refractivity contribution in [1.29, 1.82) is 0 Å². The van der Waals surface area contributed by atoms with E-state index in [4.69, 9.17) is 46.4 Å². The number of anilines is 1. The minimum absolute atomic E-state index is 0.0281. The molecule has 3 aromatic rings. The number of benzene rings is 3. The number of rotatable bonds is 9. The van der Waals surface area contributed by atoms with Crippen LogP contribution in [-0.2, 0) is 26.2 Å². The number of nitrogens with zero attached hydrogens (tertiary/aromatic N) is 2. The third kappa shape index (κ3) is 8.04. The minimum atomic E-state index is -4.23. The largest absolute Gasteiger partial charge is 0.350 e. The zero-order valence-corrected chi connectivity index (χ0v) is 26.1. The van der Waals surface area contributed by atoms with Gasteiger partial charge in [0, 0.05) is 22.1 Å². The van der Waals surface area contributed by atoms with Crippen molar-refractivity contribution in [2.75, 3.05) is 10.8 Å². The van der Waals surface area contributed by atoms with E-state index in [1.807, 2.05) is 20.8 Å². The van der Waals surface area contributed by atoms with Crippen LogP contribution in [0.15, 0.2) is 71.6 Å². The van der Waals surface area contributed by atoms with Crippen molar-refractivity contribution in [3.63, 3.8) is 0 Å². The van der Waals surface area contributed by atoms with Crippen LogP contribution in [0.3, 0.4) is 0 Å². The van der Waals surface area contributed by atoms with E-state index in [9.17, 15) is 18.0 Å². The normalized spacial score (nSPS) is 12.5. The van der Waals surface area contributed by atoms with Crippen molar-refractivity contribution in [3.8, 4) is 0 Å². The monoisotopic (exact) mass is 643 g/mol. The molecule has 40 heavy (non-hydrogen) atoms. The Labute approximate surface area is 255 Å². The first kappa shape index (κ1) is 32.0. The van der Waals surface area contributed by atoms with Crippen LogP contribution in [0.1, 0.15) is 33.3 Å². The van der Waals surface area contributed by atoms with E-state index in [-0.39, 0.29) is 27.2 Å². The number of carbonyl (C=O) groups excluding carboxylic acids is 2. The van der Waals surface area contributed by atoms with Crippen LogP contribution < -0.4 is 9.62 Å². The second-order valence-corrected chi connectivity index (χ2v) is 13.6. The van der Waals surface area contributed by atoms with Crippen molar-refractivity contribution in [3.05, 3.63) is 92.4 Å². The van der Waals surface area contributed by atoms with Gasteiger partial charge in [0.25, 0.3) is 10.0 Å². The fraction of sp³-hybridized carbons (Fsp3) is 0.286. The number of carbonyl (C=O) groups is 2. The summed E-state index contributed by atoms with van der Waals surface area (Å²) in [6, 6.07) is 15.8. The number of nitrogens with one attached hydrogen (secondary N) is 1. The standard InChI is InChI=1S/C28H29Cl4N3O4S/c1-18(27(37)33-28(2,3)4)34(16-19-10-11-20(29)14-24(19)31)26(36)17-35(21-12-13-23(30)25(32)15-21)40(38,39)22-8-6-5-7-9-22/h5-15,18H,16-17H2,1-4H3,(H,33,37). The lowest BCUT2D eigenvalue weighted by molar-refractivity contribution is -0.140. The van der Waals surface area contributed by atoms with Gasteiger partial charge in [-0.1, -0.05) is 70.7 Å². The molecule has 0 aliphatic rings. The van der Waals surface area contributed by atoms with Gasteiger partial charge >= 0.3 is 0 Å². The van der Waals surface area contributed by atoms with E-state index in [0.717, 1.165) is 4.31 Å². The number of sulfonamides is 1. The molecule has 214 valence electrons. The van der Waals surface area contributed by atoms with Gasteiger partial charge in [-0.25, -0.2) is 8.42 Å². The molecule has 0 spiro atoms. The highest BCUT2D eigenvalue weighted by Gasteiger charge is 2.33. The SMILES string of the molecule is CC(C(=O)NC(C)(C)C)N(Cc1ccc(Cl)cc1Cl)C(=O)CN(c1ccc(Cl)c(Cl)c1)S(=O)(=O)c1ccccc1. The summed E-state index contributed by atoms with van der Waals surface area (Å²) in [5, 5.41) is 3.91. The van der Waals surface area contributed by atoms with Gasteiger partial charge in [-0.2, -0.15) is 0 Å². The molecular weight excluding hydrogens is 616 g/mol. The summed E-state index contributed by atoms with van der Waals surface area (Å²) in [4.78, 5) is 28.4. The smallest absolute Gasteiger partial charge is 0.264 e. The van der Waals surface area contributed by atoms with Crippen LogP contribution in [0.4, 0.5) is 5.69 Å². The molecule has 3 aromatic carbocycles. The van der Waals surface area contributed by atoms with Crippen molar-refractivity contribution >= 4 is 73.9 Å². The van der Waals surface area contributed by atoms with Crippen molar-refractivity contribution in [2.45, 2.75) is 50.7 Å². The molecule has 0 bridgehead atoms. The van der Waals surface area contributed by atoms with Crippen LogP contribution in [0.5, 0.6) is 0 Å². The summed E-state index contributed by atoms with van der Waals surface area (Å²) >= 11 is 24.7. The summed E-state index contributed by atoms with van der Waals surface area (Å²) in [5.74, 6) is -1.06. The Balaban J connectivity index is 2.07. The van der Waals surface area contributed by atoms with Gasteiger partial charge < -0.3 is 10.2 Å². The number of amides is 2. The van der Waals surface area contributed by atoms with Gasteiger partial charge in [0.1, 0.15) is 12.6 Å². The van der Waals surface area contributed by atoms with Crippen LogP contribution in [0.2, 0.25) is 20.1 Å². The summed E-state index contributed by atoms with van der Waals surface area (Å²) in [5.41, 5.74) is 0.0884. The highest BCUT2D eigenvalue weighted by atomic mass is 35.5. The molecule has 0 saturated heterocycles. The molecule has 0 aromatic heterocycles. The van der Waals surface area contributed by atoms with E-state index >= 15 is 0 Å². The first-order valence-electron chi connectivity index (χ1n) is 12.2. The predicted octanol–water partition coefficient (Wildman–Crippen LogP) is 6.83. The Hall–Kier alpha value is -2.49. The fourth-order valence-corrected chi connectivity index (χ4v) is 5.97. The Morgan fingerprint density at radius 2 is 1.52 bits per heavy atom. The van der Waals surface area contributed by atoms with E-state index in [0.29, 0.717) is 15.6 Å². The molecule has 0 heterocycles. The predicted molar refractivity (Wildman–Crippen MR) is 162 cm³/mol. The number of hydrogen-bond donors (Lipinski definition) is 1. The third-order valence-corrected chi connectivity index (χ3v) is 8.94. The number of halogens is 4. The lowest BCUT2D eigenvalue weighted by Gasteiger charge is -2.33. The topological polar surface area (TPSA) is 86.8 Å². The molecule has 12 heteroatoms. The van der Waals surface area contributed by atoms with Crippen LogP contribution in [0.25, 0.3) is 0 Å². The number of hydrogen-bond acceptors (Lipinski definition) is 4. The maximum absolute atomic E-state index is 14.0. The molecule has 0 fully saturated rings. The van der Waals surface area contributed by atoms with E-state index in [2.05, 4.69) is 5.32 Å². The lowest BCUT2D eigenvalue weighted by atomic mass is 10.1. The van der Waals surface area contributed by atoms with Crippen LogP contribution >= 0.6 is 46.4 Å². The highest BCUT2D eigenvalue weighted by Crippen LogP contribution is 2.31. The van der Waals surface area contributed by atoms with Gasteiger partial charge in [0.2, 0.25) is 11.8 Å². The van der Waals surface area contributed by atoms with Gasteiger partial charge in [-0.15, -0.1) is 0 Å². The molecule has 3 rings (SSSR count). The average Bonchev–Trinajstić information content (AvgIpc) is 2.87. The zero-order valence-electron chi connectivity index (χ0n) is 22.3. The molecule has 2 amide bonds. The Morgan fingerprint density at radius 1 is 0.875 bits per heavy atom. The molecule has 7 nitrogen and oxygen atoms in total. The Bertz CT molecular complexity index is 1500. The Morgan fingerprint density at radius 3 is 2.10 bits per heavy atom. The second-order valence-electron chi connectivity index (χ2n) is 10.1. The first-order chi connectivity index (χ1) is 18.6. The van der Waals surface area contributed by atoms with Gasteiger partial charge in [-0.05, 0) is 75.7 Å². The van der Waals surface area contributed by atoms with Crippen LogP contribution in [-0.4, -0.2) is 43.3 Å². The maximum Gasteiger partial charge on any atom is 0.264 e. The molecule has 0 aliphatic heterocycles. The summed E-state index contributed by atoms with van der Waals surface area (Å²) in [6.45, 7) is 6.31. The van der Waals surface area contributed by atoms with Gasteiger partial charge in [0.15, 0.2) is 0 Å². The van der Waals surface area contributed by atoms with Gasteiger partial charge in [-0.3, -0.25) is 13.9 Å². The van der Waals surface area contributed by atoms with Crippen LogP contribution in [0, 0.1) is 0 Å². The molecule has 0 aliphatic carbocycles. The molecule has 1 N–H and O–H groups in total. The second kappa shape index (κ2) is 13.0.